The third-order valence-electron chi connectivity index (χ3n) is 3.13. The number of aryl methyl sites for hydroxylation is 2. The predicted octanol–water partition coefficient (Wildman–Crippen LogP) is 3.91. The van der Waals surface area contributed by atoms with Crippen LogP contribution in [0.5, 0.6) is 5.75 Å². The highest BCUT2D eigenvalue weighted by atomic mass is 16.3. The first-order valence-corrected chi connectivity index (χ1v) is 5.28. The van der Waals surface area contributed by atoms with Gasteiger partial charge < -0.3 is 9.52 Å². The van der Waals surface area contributed by atoms with Crippen molar-refractivity contribution < 1.29 is 9.52 Å². The maximum atomic E-state index is 9.56. The van der Waals surface area contributed by atoms with Crippen molar-refractivity contribution in [1.29, 1.82) is 0 Å². The van der Waals surface area contributed by atoms with Crippen molar-refractivity contribution in [3.05, 3.63) is 41.7 Å². The summed E-state index contributed by atoms with van der Waals surface area (Å²) in [6.07, 6.45) is 0. The molecule has 2 aromatic carbocycles. The summed E-state index contributed by atoms with van der Waals surface area (Å²) >= 11 is 0. The number of rotatable bonds is 0. The van der Waals surface area contributed by atoms with Crippen LogP contribution < -0.4 is 0 Å². The molecule has 0 aliphatic rings. The van der Waals surface area contributed by atoms with E-state index in [1.165, 1.54) is 0 Å². The summed E-state index contributed by atoms with van der Waals surface area (Å²) < 4.78 is 5.67. The predicted molar refractivity (Wildman–Crippen MR) is 64.9 cm³/mol. The Bertz CT molecular complexity index is 693. The van der Waals surface area contributed by atoms with Crippen LogP contribution in [0.3, 0.4) is 0 Å². The van der Waals surface area contributed by atoms with E-state index >= 15 is 0 Å². The lowest BCUT2D eigenvalue weighted by Crippen LogP contribution is -1.76. The first-order valence-electron chi connectivity index (χ1n) is 5.28. The fraction of sp³-hybridized carbons (Fsp3) is 0.143. The molecule has 0 radical (unpaired) electrons. The Kier molecular flexibility index (Phi) is 1.75. The summed E-state index contributed by atoms with van der Waals surface area (Å²) in [5.74, 6) is 1.23. The van der Waals surface area contributed by atoms with Gasteiger partial charge in [-0.1, -0.05) is 12.1 Å². The molecule has 1 heterocycles. The lowest BCUT2D eigenvalue weighted by Gasteiger charge is -2.00. The summed E-state index contributed by atoms with van der Waals surface area (Å²) in [6.45, 7) is 4.01. The molecule has 0 fully saturated rings. The molecule has 3 aromatic rings. The van der Waals surface area contributed by atoms with Crippen LogP contribution in [0, 0.1) is 13.8 Å². The number of phenolic OH excluding ortho intramolecular Hbond substituents is 1. The van der Waals surface area contributed by atoms with Crippen molar-refractivity contribution in [2.45, 2.75) is 13.8 Å². The quantitative estimate of drug-likeness (QED) is 0.613. The van der Waals surface area contributed by atoms with E-state index in [9.17, 15) is 5.11 Å². The summed E-state index contributed by atoms with van der Waals surface area (Å²) in [5, 5.41) is 12.8. The first-order chi connectivity index (χ1) is 7.66. The minimum absolute atomic E-state index is 0.290. The summed E-state index contributed by atoms with van der Waals surface area (Å²) in [4.78, 5) is 0. The van der Waals surface area contributed by atoms with E-state index in [0.29, 0.717) is 5.75 Å². The smallest absolute Gasteiger partial charge is 0.135 e. The largest absolute Gasteiger partial charge is 0.508 e. The fourth-order valence-corrected chi connectivity index (χ4v) is 2.18. The Labute approximate surface area is 93.1 Å². The second-order valence-electron chi connectivity index (χ2n) is 4.13. The zero-order valence-corrected chi connectivity index (χ0v) is 9.24. The zero-order chi connectivity index (χ0) is 11.3. The molecule has 0 saturated heterocycles. The highest BCUT2D eigenvalue weighted by molar-refractivity contribution is 6.08. The van der Waals surface area contributed by atoms with Crippen LogP contribution >= 0.6 is 0 Å². The third-order valence-corrected chi connectivity index (χ3v) is 3.13. The molecular formula is C14H12O2. The lowest BCUT2D eigenvalue weighted by atomic mass is 10.0. The van der Waals surface area contributed by atoms with E-state index in [2.05, 4.69) is 0 Å². The molecule has 0 amide bonds. The maximum Gasteiger partial charge on any atom is 0.135 e. The number of aromatic hydroxyl groups is 1. The molecule has 0 aliphatic heterocycles. The topological polar surface area (TPSA) is 33.4 Å². The van der Waals surface area contributed by atoms with Gasteiger partial charge in [0.1, 0.15) is 17.1 Å². The van der Waals surface area contributed by atoms with E-state index in [1.807, 2.05) is 32.0 Å². The van der Waals surface area contributed by atoms with E-state index in [0.717, 1.165) is 33.1 Å². The van der Waals surface area contributed by atoms with Crippen molar-refractivity contribution in [1.82, 2.24) is 0 Å². The van der Waals surface area contributed by atoms with Gasteiger partial charge in [0.25, 0.3) is 0 Å². The number of hydrogen-bond acceptors (Lipinski definition) is 2. The van der Waals surface area contributed by atoms with Crippen molar-refractivity contribution in [3.63, 3.8) is 0 Å². The van der Waals surface area contributed by atoms with Gasteiger partial charge >= 0.3 is 0 Å². The Hall–Kier alpha value is -1.96. The van der Waals surface area contributed by atoms with Gasteiger partial charge in [0.05, 0.1) is 0 Å². The molecule has 0 aliphatic carbocycles. The average molecular weight is 212 g/mol. The van der Waals surface area contributed by atoms with Crippen LogP contribution in [0.4, 0.5) is 0 Å². The number of furan rings is 1. The number of benzene rings is 2. The second-order valence-corrected chi connectivity index (χ2v) is 4.13. The highest BCUT2D eigenvalue weighted by Crippen LogP contribution is 2.33. The van der Waals surface area contributed by atoms with Crippen LogP contribution in [0.1, 0.15) is 11.3 Å². The first kappa shape index (κ1) is 9.28. The highest BCUT2D eigenvalue weighted by Gasteiger charge is 2.10. The number of hydrogen-bond donors (Lipinski definition) is 1. The lowest BCUT2D eigenvalue weighted by molar-refractivity contribution is 0.476. The maximum absolute atomic E-state index is 9.56. The molecule has 3 rings (SSSR count). The molecule has 0 spiro atoms. The second kappa shape index (κ2) is 3.01. The molecule has 0 saturated carbocycles. The number of phenols is 1. The van der Waals surface area contributed by atoms with Gasteiger partial charge in [0.2, 0.25) is 0 Å². The van der Waals surface area contributed by atoms with Crippen molar-refractivity contribution in [3.8, 4) is 5.75 Å². The molecule has 2 nitrogen and oxygen atoms in total. The van der Waals surface area contributed by atoms with E-state index in [4.69, 9.17) is 4.42 Å². The molecule has 2 heteroatoms. The zero-order valence-electron chi connectivity index (χ0n) is 9.24. The van der Waals surface area contributed by atoms with Gasteiger partial charge in [-0.15, -0.1) is 0 Å². The van der Waals surface area contributed by atoms with Crippen LogP contribution in [-0.2, 0) is 0 Å². The van der Waals surface area contributed by atoms with Gasteiger partial charge in [-0.05, 0) is 48.4 Å². The van der Waals surface area contributed by atoms with Gasteiger partial charge in [-0.25, -0.2) is 0 Å². The minimum Gasteiger partial charge on any atom is -0.508 e. The molecule has 16 heavy (non-hydrogen) atoms. The summed E-state index contributed by atoms with van der Waals surface area (Å²) in [6, 6.07) is 9.41. The van der Waals surface area contributed by atoms with E-state index < -0.39 is 0 Å². The molecule has 0 bridgehead atoms. The fourth-order valence-electron chi connectivity index (χ4n) is 2.18. The van der Waals surface area contributed by atoms with E-state index in [-0.39, 0.29) is 0 Å². The van der Waals surface area contributed by atoms with Crippen LogP contribution in [-0.4, -0.2) is 5.11 Å². The molecule has 0 atom stereocenters. The van der Waals surface area contributed by atoms with Crippen LogP contribution in [0.25, 0.3) is 21.7 Å². The standard InChI is InChI=1S/C14H12O2/c1-8-9(2)16-13-6-4-10-3-5-11(15)7-12(10)14(8)13/h3-7,15H,1-2H3. The minimum atomic E-state index is 0.290. The van der Waals surface area contributed by atoms with Crippen LogP contribution in [0.15, 0.2) is 34.7 Å². The monoisotopic (exact) mass is 212 g/mol. The molecule has 1 aromatic heterocycles. The summed E-state index contributed by atoms with van der Waals surface area (Å²) in [5.41, 5.74) is 2.03. The Balaban J connectivity index is 2.60. The Morgan fingerprint density at radius 3 is 2.62 bits per heavy atom. The summed E-state index contributed by atoms with van der Waals surface area (Å²) in [7, 11) is 0. The normalized spacial score (nSPS) is 11.4. The Morgan fingerprint density at radius 2 is 1.81 bits per heavy atom. The van der Waals surface area contributed by atoms with Gasteiger partial charge in [-0.2, -0.15) is 0 Å². The van der Waals surface area contributed by atoms with Crippen LogP contribution in [0.2, 0.25) is 0 Å². The van der Waals surface area contributed by atoms with Gasteiger partial charge in [0, 0.05) is 5.39 Å². The molecule has 0 unspecified atom stereocenters. The molecular weight excluding hydrogens is 200 g/mol. The number of fused-ring (bicyclic) bond motifs is 3. The van der Waals surface area contributed by atoms with Crippen molar-refractivity contribution in [2.75, 3.05) is 0 Å². The molecule has 1 N–H and O–H groups in total. The van der Waals surface area contributed by atoms with E-state index in [1.54, 1.807) is 12.1 Å². The van der Waals surface area contributed by atoms with Gasteiger partial charge in [0.15, 0.2) is 0 Å². The SMILES string of the molecule is Cc1oc2ccc3ccc(O)cc3c2c1C. The Morgan fingerprint density at radius 1 is 1.06 bits per heavy atom. The molecule has 80 valence electrons. The van der Waals surface area contributed by atoms with Crippen molar-refractivity contribution >= 4 is 21.7 Å². The van der Waals surface area contributed by atoms with Gasteiger partial charge in [-0.3, -0.25) is 0 Å². The average Bonchev–Trinajstić information content (AvgIpc) is 2.55. The third kappa shape index (κ3) is 1.13. The van der Waals surface area contributed by atoms with Crippen molar-refractivity contribution in [2.24, 2.45) is 0 Å².